The molecule has 0 saturated heterocycles. The van der Waals surface area contributed by atoms with Gasteiger partial charge in [-0.05, 0) is 91.3 Å². The fourth-order valence-electron chi connectivity index (χ4n) is 6.29. The molecular weight excluding hydrogens is 779 g/mol. The van der Waals surface area contributed by atoms with Crippen molar-refractivity contribution in [3.8, 4) is 16.8 Å². The number of thiophene rings is 1. The highest BCUT2D eigenvalue weighted by molar-refractivity contribution is 7.15. The molecule has 0 spiro atoms. The number of hydrogen-bond donors (Lipinski definition) is 1. The second-order valence-corrected chi connectivity index (χ2v) is 15.9. The van der Waals surface area contributed by atoms with Crippen LogP contribution in [0.4, 0.5) is 0 Å². The van der Waals surface area contributed by atoms with E-state index in [4.69, 9.17) is 52.9 Å². The van der Waals surface area contributed by atoms with Gasteiger partial charge in [-0.2, -0.15) is 5.26 Å². The molecule has 0 radical (unpaired) electrons. The summed E-state index contributed by atoms with van der Waals surface area (Å²) in [6.07, 6.45) is 0.0828. The quantitative estimate of drug-likeness (QED) is 0.135. The van der Waals surface area contributed by atoms with Crippen LogP contribution in [-0.2, 0) is 28.6 Å². The Kier molecular flexibility index (Phi) is 12.9. The molecule has 0 amide bonds. The molecule has 0 bridgehead atoms. The third-order valence-corrected chi connectivity index (χ3v) is 10.4. The van der Waals surface area contributed by atoms with Crippen molar-refractivity contribution in [2.75, 3.05) is 13.2 Å². The number of nitrogens with zero attached hydrogens (tertiary/aromatic N) is 5. The molecular formula is C40H42Cl2N6O7S. The Morgan fingerprint density at radius 3 is 2.30 bits per heavy atom. The van der Waals surface area contributed by atoms with Gasteiger partial charge in [-0.3, -0.25) is 19.1 Å². The molecule has 56 heavy (non-hydrogen) atoms. The lowest BCUT2D eigenvalue weighted by molar-refractivity contribution is -0.155. The Labute approximate surface area is 339 Å². The summed E-state index contributed by atoms with van der Waals surface area (Å²) < 4.78 is 23.1. The van der Waals surface area contributed by atoms with Crippen molar-refractivity contribution in [2.24, 2.45) is 16.6 Å². The van der Waals surface area contributed by atoms with Crippen LogP contribution in [0.15, 0.2) is 58.9 Å². The molecule has 13 nitrogen and oxygen atoms in total. The maximum atomic E-state index is 12.7. The third kappa shape index (κ3) is 8.91. The van der Waals surface area contributed by atoms with Gasteiger partial charge in [-0.1, -0.05) is 35.3 Å². The maximum Gasteiger partial charge on any atom is 0.340 e. The Balaban J connectivity index is 0.000000220. The summed E-state index contributed by atoms with van der Waals surface area (Å²) in [5.41, 5.74) is 9.57. The number of nitrogens with two attached hydrogens (primary N) is 1. The molecule has 3 atom stereocenters. The number of halogens is 2. The summed E-state index contributed by atoms with van der Waals surface area (Å²) in [5.74, 6) is -2.66. The third-order valence-electron chi connectivity index (χ3n) is 8.75. The van der Waals surface area contributed by atoms with Gasteiger partial charge in [0, 0.05) is 31.6 Å². The molecule has 2 aromatic carbocycles. The van der Waals surface area contributed by atoms with Gasteiger partial charge in [-0.15, -0.1) is 21.5 Å². The van der Waals surface area contributed by atoms with E-state index in [0.717, 1.165) is 33.2 Å². The largest absolute Gasteiger partial charge is 0.465 e. The zero-order chi connectivity index (χ0) is 41.1. The molecule has 4 aromatic rings. The van der Waals surface area contributed by atoms with E-state index >= 15 is 0 Å². The zero-order valence-corrected chi connectivity index (χ0v) is 34.6. The number of fused-ring (bicyclic) bond motifs is 4. The van der Waals surface area contributed by atoms with Gasteiger partial charge in [0.25, 0.3) is 0 Å². The van der Waals surface area contributed by atoms with Gasteiger partial charge >= 0.3 is 17.9 Å². The first-order chi connectivity index (χ1) is 26.5. The van der Waals surface area contributed by atoms with Crippen LogP contribution >= 0.6 is 34.5 Å². The number of ether oxygens (including phenoxy) is 4. The van der Waals surface area contributed by atoms with Crippen LogP contribution < -0.4 is 10.5 Å². The van der Waals surface area contributed by atoms with E-state index < -0.39 is 35.4 Å². The molecule has 2 aliphatic rings. The van der Waals surface area contributed by atoms with Crippen LogP contribution in [0.1, 0.15) is 91.8 Å². The molecule has 2 N–H and O–H groups in total. The fraction of sp³-hybridized carbons (Fsp3) is 0.375. The maximum absolute atomic E-state index is 12.7. The predicted octanol–water partition coefficient (Wildman–Crippen LogP) is 7.78. The summed E-state index contributed by atoms with van der Waals surface area (Å²) in [7, 11) is 0. The lowest BCUT2D eigenvalue weighted by atomic mass is 9.79. The monoisotopic (exact) mass is 820 g/mol. The zero-order valence-electron chi connectivity index (χ0n) is 32.2. The molecule has 4 heterocycles. The number of aryl methyl sites for hydroxylation is 2. The highest BCUT2D eigenvalue weighted by atomic mass is 35.5. The molecule has 2 aliphatic heterocycles. The van der Waals surface area contributed by atoms with E-state index in [1.165, 1.54) is 10.9 Å². The second kappa shape index (κ2) is 17.3. The van der Waals surface area contributed by atoms with Crippen LogP contribution in [0, 0.1) is 38.0 Å². The molecule has 0 aliphatic carbocycles. The van der Waals surface area contributed by atoms with Crippen molar-refractivity contribution in [1.29, 1.82) is 5.26 Å². The molecule has 294 valence electrons. The minimum Gasteiger partial charge on any atom is -0.465 e. The number of nitriles is 1. The first-order valence-corrected chi connectivity index (χ1v) is 19.3. The first-order valence-electron chi connectivity index (χ1n) is 17.8. The number of esters is 3. The van der Waals surface area contributed by atoms with Gasteiger partial charge < -0.3 is 24.7 Å². The number of aliphatic imine (C=N–C) groups is 1. The summed E-state index contributed by atoms with van der Waals surface area (Å²) in [4.78, 5) is 43.6. The Morgan fingerprint density at radius 1 is 1.02 bits per heavy atom. The van der Waals surface area contributed by atoms with Crippen molar-refractivity contribution in [2.45, 2.75) is 79.4 Å². The van der Waals surface area contributed by atoms with Crippen molar-refractivity contribution >= 4 is 58.2 Å². The van der Waals surface area contributed by atoms with E-state index in [0.29, 0.717) is 27.2 Å². The second-order valence-electron chi connectivity index (χ2n) is 13.8. The number of hydrogen-bond acceptors (Lipinski definition) is 13. The van der Waals surface area contributed by atoms with Crippen LogP contribution in [0.25, 0.3) is 5.00 Å². The molecule has 0 fully saturated rings. The number of benzene rings is 2. The van der Waals surface area contributed by atoms with E-state index in [1.54, 1.807) is 37.3 Å². The van der Waals surface area contributed by atoms with Crippen LogP contribution in [0.5, 0.6) is 5.75 Å². The van der Waals surface area contributed by atoms with Crippen LogP contribution in [-0.4, -0.2) is 57.2 Å². The number of rotatable bonds is 8. The molecule has 2 unspecified atom stereocenters. The standard InChI is InChI=1S/C23H25ClN4O2S.C17H17ClN2O5/c1-12-13(2)31-22-19(12)20(15-7-9-16(24)10-8-15)25-17(11-18(29)30-23(4,5)6)21-27-26-14(3)28(21)22;1-3-23-16(21)11(8-19)13-10-7-9(18)5-6-12(10)25-15(20)14(13)17(22)24-4-2/h7-10,17H,11H2,1-6H3;5-7,11,13H,3-4,20H2,1-2H3/t17-;/m0./s1. The Bertz CT molecular complexity index is 2270. The average molecular weight is 822 g/mol. The molecule has 6 rings (SSSR count). The van der Waals surface area contributed by atoms with Gasteiger partial charge in [-0.25, -0.2) is 4.79 Å². The van der Waals surface area contributed by atoms with Gasteiger partial charge in [0.1, 0.15) is 33.8 Å². The highest BCUT2D eigenvalue weighted by Crippen LogP contribution is 2.44. The Morgan fingerprint density at radius 2 is 1.68 bits per heavy atom. The van der Waals surface area contributed by atoms with E-state index in [9.17, 15) is 19.6 Å². The van der Waals surface area contributed by atoms with Crippen molar-refractivity contribution in [3.63, 3.8) is 0 Å². The van der Waals surface area contributed by atoms with Gasteiger partial charge in [0.15, 0.2) is 11.7 Å². The summed E-state index contributed by atoms with van der Waals surface area (Å²) in [6, 6.07) is 13.7. The lowest BCUT2D eigenvalue weighted by Gasteiger charge is -2.29. The normalized spacial score (nSPS) is 16.3. The molecule has 16 heteroatoms. The van der Waals surface area contributed by atoms with Crippen molar-refractivity contribution in [3.05, 3.63) is 103 Å². The predicted molar refractivity (Wildman–Crippen MR) is 212 cm³/mol. The van der Waals surface area contributed by atoms with Crippen LogP contribution in [0.2, 0.25) is 10.0 Å². The summed E-state index contributed by atoms with van der Waals surface area (Å²) in [6.45, 7) is 15.1. The topological polar surface area (TPSA) is 181 Å². The Hall–Kier alpha value is -5.23. The van der Waals surface area contributed by atoms with Crippen molar-refractivity contribution in [1.82, 2.24) is 14.8 Å². The molecule has 2 aromatic heterocycles. The smallest absolute Gasteiger partial charge is 0.340 e. The van der Waals surface area contributed by atoms with Gasteiger partial charge in [0.05, 0.1) is 37.3 Å². The van der Waals surface area contributed by atoms with E-state index in [2.05, 4.69) is 24.0 Å². The average Bonchev–Trinajstić information content (AvgIpc) is 3.60. The summed E-state index contributed by atoms with van der Waals surface area (Å²) >= 11 is 13.9. The SMILES string of the molecule is CCOC(=O)C1=C(N)Oc2ccc(Cl)cc2C1C(C#N)C(=O)OCC.Cc1sc2c(c1C)C(c1ccc(Cl)cc1)=N[C@@H](CC(=O)OC(C)(C)C)c1nnc(C)n1-2. The van der Waals surface area contributed by atoms with Crippen LogP contribution in [0.3, 0.4) is 0 Å². The minimum absolute atomic E-state index is 0.0828. The van der Waals surface area contributed by atoms with Crippen molar-refractivity contribution < 1.29 is 33.3 Å². The first kappa shape index (κ1) is 41.9. The van der Waals surface area contributed by atoms with E-state index in [1.807, 2.05) is 62.6 Å². The van der Waals surface area contributed by atoms with E-state index in [-0.39, 0.29) is 37.1 Å². The summed E-state index contributed by atoms with van der Waals surface area (Å²) in [5, 5.41) is 20.3. The number of carbonyl (C=O) groups is 3. The molecule has 0 saturated carbocycles. The van der Waals surface area contributed by atoms with Gasteiger partial charge in [0.2, 0.25) is 5.88 Å². The lowest BCUT2D eigenvalue weighted by Crippen LogP contribution is -2.33. The number of carbonyl (C=O) groups excluding carboxylic acids is 3. The minimum atomic E-state index is -1.31. The fourth-order valence-corrected chi connectivity index (χ4v) is 7.81. The number of aromatic nitrogens is 3. The highest BCUT2D eigenvalue weighted by Gasteiger charge is 2.43.